The molecule has 8 amide bonds. The summed E-state index contributed by atoms with van der Waals surface area (Å²) in [6, 6.07) is -4.30. The molecule has 0 saturated carbocycles. The number of fused-ring (bicyclic) bond motifs is 5. The minimum absolute atomic E-state index is 0.0488. The molecule has 0 radical (unpaired) electrons. The number of nitrogens with two attached hydrogens (primary N) is 1. The van der Waals surface area contributed by atoms with Crippen molar-refractivity contribution in [1.29, 1.82) is 0 Å². The molecule has 3 aliphatic heterocycles. The molecule has 73 heavy (non-hydrogen) atoms. The zero-order chi connectivity index (χ0) is 53.4. The maximum atomic E-state index is 15.0. The average molecular weight is 1050 g/mol. The topological polar surface area (TPSA) is 374 Å². The van der Waals surface area contributed by atoms with Gasteiger partial charge in [0.1, 0.15) is 47.0 Å². The summed E-state index contributed by atoms with van der Waals surface area (Å²) in [5.74, 6) is -9.35. The van der Waals surface area contributed by atoms with E-state index in [1.54, 1.807) is 32.0 Å². The lowest BCUT2D eigenvalue weighted by molar-refractivity contribution is -0.143. The summed E-state index contributed by atoms with van der Waals surface area (Å²) < 4.78 is 26.4. The first-order valence-electron chi connectivity index (χ1n) is 24.8. The molecule has 26 heteroatoms. The summed E-state index contributed by atoms with van der Waals surface area (Å²) in [4.78, 5) is 118. The van der Waals surface area contributed by atoms with E-state index in [1.165, 1.54) is 6.92 Å². The van der Waals surface area contributed by atoms with Gasteiger partial charge in [0.05, 0.1) is 73.9 Å². The number of H-pyrrole nitrogens is 1. The summed E-state index contributed by atoms with van der Waals surface area (Å²) in [5.41, 5.74) is 6.13. The van der Waals surface area contributed by atoms with Gasteiger partial charge in [0, 0.05) is 43.2 Å². The van der Waals surface area contributed by atoms with Crippen molar-refractivity contribution in [3.63, 3.8) is 0 Å². The van der Waals surface area contributed by atoms with E-state index < -0.39 is 157 Å². The van der Waals surface area contributed by atoms with Gasteiger partial charge < -0.3 is 82.9 Å². The Hall–Kier alpha value is -5.77. The second-order valence-electron chi connectivity index (χ2n) is 18.7. The van der Waals surface area contributed by atoms with Crippen molar-refractivity contribution in [3.05, 3.63) is 23.8 Å². The van der Waals surface area contributed by atoms with E-state index in [1.807, 2.05) is 7.05 Å². The Morgan fingerprint density at radius 2 is 1.56 bits per heavy atom. The van der Waals surface area contributed by atoms with Crippen LogP contribution in [0.5, 0.6) is 5.75 Å². The molecule has 2 bridgehead atoms. The van der Waals surface area contributed by atoms with Gasteiger partial charge in [-0.1, -0.05) is 40.0 Å². The van der Waals surface area contributed by atoms with Crippen LogP contribution in [0.2, 0.25) is 0 Å². The highest BCUT2D eigenvalue weighted by molar-refractivity contribution is 7.85. The van der Waals surface area contributed by atoms with Crippen molar-refractivity contribution in [2.75, 3.05) is 65.5 Å². The Morgan fingerprint density at radius 3 is 2.26 bits per heavy atom. The minimum Gasteiger partial charge on any atom is -0.494 e. The molecular weight excluding hydrogens is 975 g/mol. The highest BCUT2D eigenvalue weighted by Crippen LogP contribution is 2.31. The Balaban J connectivity index is 1.70. The molecular formula is C47H73N11O14S. The largest absolute Gasteiger partial charge is 0.494 e. The molecule has 0 spiro atoms. The zero-order valence-corrected chi connectivity index (χ0v) is 42.6. The average Bonchev–Trinajstić information content (AvgIpc) is 3.95. The number of carbonyl (C=O) groups is 8. The Morgan fingerprint density at radius 1 is 0.849 bits per heavy atom. The number of aromatic nitrogens is 1. The number of hydrogen-bond acceptors (Lipinski definition) is 16. The van der Waals surface area contributed by atoms with Crippen LogP contribution in [0.1, 0.15) is 71.3 Å². The fourth-order valence-corrected chi connectivity index (χ4v) is 10.3. The number of unbranched alkanes of at least 4 members (excludes halogenated alkanes) is 3. The monoisotopic (exact) mass is 1050 g/mol. The Labute approximate surface area is 425 Å². The highest BCUT2D eigenvalue weighted by Gasteiger charge is 2.45. The maximum Gasteiger partial charge on any atom is 0.246 e. The van der Waals surface area contributed by atoms with Crippen LogP contribution in [0.15, 0.2) is 23.2 Å². The molecule has 25 nitrogen and oxygen atoms in total. The molecule has 1 fully saturated rings. The van der Waals surface area contributed by atoms with E-state index in [4.69, 9.17) is 15.2 Å². The van der Waals surface area contributed by atoms with Crippen molar-refractivity contribution < 1.29 is 67.4 Å². The van der Waals surface area contributed by atoms with Crippen LogP contribution in [-0.2, 0) is 60.3 Å². The first-order chi connectivity index (χ1) is 34.9. The Kier molecular flexibility index (Phi) is 22.3. The molecule has 5 rings (SSSR count). The van der Waals surface area contributed by atoms with E-state index >= 15 is 0 Å². The van der Waals surface area contributed by atoms with E-state index in [0.29, 0.717) is 29.7 Å². The minimum atomic E-state index is -2.30. The molecule has 1 unspecified atom stereocenters. The number of nitrogens with one attached hydrogen (secondary N) is 9. The third-order valence-electron chi connectivity index (χ3n) is 13.4. The number of ether oxygens (including phenoxy) is 2. The van der Waals surface area contributed by atoms with Crippen LogP contribution in [0.25, 0.3) is 10.9 Å². The zero-order valence-electron chi connectivity index (χ0n) is 41.8. The van der Waals surface area contributed by atoms with Crippen LogP contribution in [0.3, 0.4) is 0 Å². The number of aliphatic hydroxyl groups excluding tert-OH is 3. The van der Waals surface area contributed by atoms with Gasteiger partial charge in [0.15, 0.2) is 0 Å². The molecule has 1 saturated heterocycles. The number of benzene rings is 1. The van der Waals surface area contributed by atoms with Crippen LogP contribution in [-0.4, -0.2) is 191 Å². The number of rotatable bonds is 17. The van der Waals surface area contributed by atoms with Crippen LogP contribution >= 0.6 is 0 Å². The van der Waals surface area contributed by atoms with Gasteiger partial charge in [-0.05, 0) is 50.0 Å². The standard InChI is InChI=1S/C47H73N11O14S/c1-5-25(2)39-44(67)51-19-37(62)52-34-23-73(70)46-30(29-11-10-28(17-32(29)55-46)72-14-9-7-6-8-13-49-4)18-33(41(64)50-20-38(63)56-39)54-45(68)40(26(3)36(61)22-59)57-43(66)35-16-27(60)21-58(35)47(69)31(53-42(34)65)12-15-71-24-48/h10-11,17,25-27,31,33-36,39-40,49,55,59-61H,5-9,12-16,18-24,48H2,1-4H3,(H,50,64)(H,51,67)(H,52,62)(H,53,65)(H,54,68)(H,56,63)(H,57,66)/t25-,26-,27+,31-,33-,34-,35-,36-,39-,40-,73?/m0/s1. The number of carbonyl (C=O) groups excluding carboxylic acids is 8. The summed E-state index contributed by atoms with van der Waals surface area (Å²) >= 11 is 0. The first-order valence-corrected chi connectivity index (χ1v) is 26.1. The van der Waals surface area contributed by atoms with Gasteiger partial charge >= 0.3 is 0 Å². The first kappa shape index (κ1) is 58.1. The second-order valence-corrected chi connectivity index (χ2v) is 20.1. The number of aromatic amines is 1. The van der Waals surface area contributed by atoms with Gasteiger partial charge in [0.25, 0.3) is 0 Å². The predicted molar refractivity (Wildman–Crippen MR) is 264 cm³/mol. The normalized spacial score (nSPS) is 26.5. The summed E-state index contributed by atoms with van der Waals surface area (Å²) in [7, 11) is -0.413. The summed E-state index contributed by atoms with van der Waals surface area (Å²) in [5, 5.41) is 53.1. The van der Waals surface area contributed by atoms with Crippen molar-refractivity contribution in [2.24, 2.45) is 17.6 Å². The molecule has 1 aromatic carbocycles. The third-order valence-corrected chi connectivity index (χ3v) is 14.8. The summed E-state index contributed by atoms with van der Waals surface area (Å²) in [6.07, 6.45) is 0.181. The van der Waals surface area contributed by atoms with Crippen LogP contribution in [0.4, 0.5) is 0 Å². The lowest BCUT2D eigenvalue weighted by atomic mass is 9.93. The third kappa shape index (κ3) is 15.9. The van der Waals surface area contributed by atoms with Crippen molar-refractivity contribution in [2.45, 2.75) is 126 Å². The van der Waals surface area contributed by atoms with E-state index in [-0.39, 0.29) is 36.8 Å². The van der Waals surface area contributed by atoms with Gasteiger partial charge in [-0.3, -0.25) is 42.6 Å². The van der Waals surface area contributed by atoms with Gasteiger partial charge in [-0.25, -0.2) is 0 Å². The Bertz CT molecular complexity index is 2300. The smallest absolute Gasteiger partial charge is 0.246 e. The molecule has 14 N–H and O–H groups in total. The molecule has 4 heterocycles. The molecule has 3 aliphatic rings. The quantitative estimate of drug-likeness (QED) is 0.0530. The van der Waals surface area contributed by atoms with Gasteiger partial charge in [0.2, 0.25) is 47.3 Å². The highest BCUT2D eigenvalue weighted by atomic mass is 32.2. The number of nitrogens with zero attached hydrogens (tertiary/aromatic N) is 1. The summed E-state index contributed by atoms with van der Waals surface area (Å²) in [6.45, 7) is 2.93. The predicted octanol–water partition coefficient (Wildman–Crippen LogP) is -4.02. The second kappa shape index (κ2) is 28.1. The SMILES string of the molecule is CC[C@H](C)[C@@H]1NC(=O)CNC(=O)[C@@H]2Cc3c([nH]c4cc(OCCCCCCNC)ccc34)S(=O)C[C@H](NC(=O)CNC1=O)C(=O)N[C@@H](CCOCN)C(=O)N1C[C@H](O)C[C@H]1C(=O)N[C@@H]([C@@H](C)[C@@H](O)CO)C(=O)N2. The molecule has 0 aliphatic carbocycles. The fraction of sp³-hybridized carbons (Fsp3) is 0.660. The molecule has 1 aromatic heterocycles. The maximum absolute atomic E-state index is 15.0. The van der Waals surface area contributed by atoms with Gasteiger partial charge in [-0.15, -0.1) is 0 Å². The number of aliphatic hydroxyl groups is 3. The number of amides is 8. The van der Waals surface area contributed by atoms with Crippen molar-refractivity contribution in [1.82, 2.24) is 52.4 Å². The van der Waals surface area contributed by atoms with E-state index in [9.17, 15) is 57.9 Å². The van der Waals surface area contributed by atoms with Gasteiger partial charge in [-0.2, -0.15) is 0 Å². The van der Waals surface area contributed by atoms with E-state index in [0.717, 1.165) is 37.1 Å². The van der Waals surface area contributed by atoms with Crippen LogP contribution < -0.4 is 53.0 Å². The lowest BCUT2D eigenvalue weighted by Gasteiger charge is -2.33. The lowest BCUT2D eigenvalue weighted by Crippen LogP contribution is -2.62. The van der Waals surface area contributed by atoms with Crippen LogP contribution in [0, 0.1) is 11.8 Å². The molecule has 11 atom stereocenters. The van der Waals surface area contributed by atoms with E-state index in [2.05, 4.69) is 47.5 Å². The molecule has 406 valence electrons. The fourth-order valence-electron chi connectivity index (χ4n) is 8.87. The number of hydrogen-bond donors (Lipinski definition) is 13. The van der Waals surface area contributed by atoms with Crippen molar-refractivity contribution in [3.8, 4) is 5.75 Å². The van der Waals surface area contributed by atoms with Crippen molar-refractivity contribution >= 4 is 69.0 Å². The molecule has 2 aromatic rings.